The molecule has 1 atom stereocenters. The van der Waals surface area contributed by atoms with E-state index in [2.05, 4.69) is 0 Å². The molecule has 2 N–H and O–H groups in total. The van der Waals surface area contributed by atoms with E-state index in [1.807, 2.05) is 0 Å². The van der Waals surface area contributed by atoms with E-state index in [1.165, 1.54) is 0 Å². The van der Waals surface area contributed by atoms with Crippen LogP contribution in [0.3, 0.4) is 0 Å². The largest absolute Gasteiger partial charge is 0.507 e. The van der Waals surface area contributed by atoms with Crippen LogP contribution in [-0.4, -0.2) is 23.5 Å². The van der Waals surface area contributed by atoms with Gasteiger partial charge in [-0.2, -0.15) is 8.42 Å². The van der Waals surface area contributed by atoms with Crippen molar-refractivity contribution in [3.05, 3.63) is 41.5 Å². The second-order valence-electron chi connectivity index (χ2n) is 3.16. The van der Waals surface area contributed by atoms with Gasteiger partial charge in [-0.1, -0.05) is 24.3 Å². The zero-order chi connectivity index (χ0) is 11.0. The first kappa shape index (κ1) is 9.95. The summed E-state index contributed by atoms with van der Waals surface area (Å²) < 4.78 is 21.5. The van der Waals surface area contributed by atoms with Crippen LogP contribution in [0.5, 0.6) is 0 Å². The van der Waals surface area contributed by atoms with Gasteiger partial charge in [0.05, 0.1) is 0 Å². The molecule has 1 aromatic carbocycles. The SMILES string of the molecule is O=S(=O)=C1C=C(O)c2ccccc2C1O. The lowest BCUT2D eigenvalue weighted by Crippen LogP contribution is -2.17. The van der Waals surface area contributed by atoms with Crippen LogP contribution >= 0.6 is 0 Å². The first-order valence-electron chi connectivity index (χ1n) is 4.25. The highest BCUT2D eigenvalue weighted by Crippen LogP contribution is 2.29. The summed E-state index contributed by atoms with van der Waals surface area (Å²) in [6.07, 6.45) is -0.133. The van der Waals surface area contributed by atoms with Crippen LogP contribution in [0.4, 0.5) is 0 Å². The van der Waals surface area contributed by atoms with Crippen molar-refractivity contribution in [2.24, 2.45) is 0 Å². The van der Waals surface area contributed by atoms with E-state index in [9.17, 15) is 18.6 Å². The Balaban J connectivity index is 2.76. The molecule has 5 heteroatoms. The number of rotatable bonds is 0. The Labute approximate surface area is 87.6 Å². The summed E-state index contributed by atoms with van der Waals surface area (Å²) in [5, 5.41) is 19.3. The zero-order valence-electron chi connectivity index (χ0n) is 7.58. The first-order chi connectivity index (χ1) is 7.11. The van der Waals surface area contributed by atoms with E-state index in [-0.39, 0.29) is 10.6 Å². The van der Waals surface area contributed by atoms with E-state index in [0.29, 0.717) is 11.1 Å². The van der Waals surface area contributed by atoms with Gasteiger partial charge in [0, 0.05) is 11.6 Å². The highest BCUT2D eigenvalue weighted by Gasteiger charge is 2.24. The van der Waals surface area contributed by atoms with Gasteiger partial charge in [-0.25, -0.2) is 0 Å². The number of hydrogen-bond acceptors (Lipinski definition) is 4. The average molecular weight is 224 g/mol. The van der Waals surface area contributed by atoms with Gasteiger partial charge >= 0.3 is 0 Å². The lowest BCUT2D eigenvalue weighted by atomic mass is 9.93. The lowest BCUT2D eigenvalue weighted by Gasteiger charge is -2.18. The van der Waals surface area contributed by atoms with Crippen LogP contribution in [0, 0.1) is 0 Å². The molecule has 0 radical (unpaired) electrons. The van der Waals surface area contributed by atoms with E-state index >= 15 is 0 Å². The van der Waals surface area contributed by atoms with Gasteiger partial charge in [0.2, 0.25) is 10.3 Å². The van der Waals surface area contributed by atoms with E-state index in [1.54, 1.807) is 24.3 Å². The Kier molecular flexibility index (Phi) is 2.34. The standard InChI is InChI=1S/C10H8O4S/c11-8-5-9(15(13)14)10(12)7-4-2-1-3-6(7)8/h1-5,10-12H. The minimum absolute atomic E-state index is 0.143. The summed E-state index contributed by atoms with van der Waals surface area (Å²) in [6, 6.07) is 6.58. The van der Waals surface area contributed by atoms with Crippen LogP contribution in [0.15, 0.2) is 30.3 Å². The van der Waals surface area contributed by atoms with Gasteiger partial charge in [0.15, 0.2) is 0 Å². The maximum Gasteiger partial charge on any atom is 0.220 e. The maximum atomic E-state index is 10.8. The molecule has 1 aliphatic carbocycles. The molecule has 0 bridgehead atoms. The normalized spacial score (nSPS) is 19.4. The molecular formula is C10H8O4S. The molecule has 15 heavy (non-hydrogen) atoms. The fourth-order valence-corrected chi connectivity index (χ4v) is 2.07. The monoisotopic (exact) mass is 224 g/mol. The Morgan fingerprint density at radius 1 is 1.20 bits per heavy atom. The molecule has 0 spiro atoms. The topological polar surface area (TPSA) is 74.6 Å². The van der Waals surface area contributed by atoms with Crippen LogP contribution in [0.2, 0.25) is 0 Å². The molecular weight excluding hydrogens is 216 g/mol. The van der Waals surface area contributed by atoms with Crippen molar-refractivity contribution in [1.82, 2.24) is 0 Å². The fraction of sp³-hybridized carbons (Fsp3) is 0.100. The summed E-state index contributed by atoms with van der Waals surface area (Å²) >= 11 is 0. The highest BCUT2D eigenvalue weighted by atomic mass is 32.2. The van der Waals surface area contributed by atoms with Crippen molar-refractivity contribution in [3.8, 4) is 0 Å². The molecule has 0 saturated carbocycles. The third kappa shape index (κ3) is 1.55. The molecule has 0 amide bonds. The smallest absolute Gasteiger partial charge is 0.220 e. The van der Waals surface area contributed by atoms with Gasteiger partial charge in [-0.15, -0.1) is 0 Å². The predicted molar refractivity (Wildman–Crippen MR) is 55.9 cm³/mol. The minimum Gasteiger partial charge on any atom is -0.507 e. The van der Waals surface area contributed by atoms with Crippen LogP contribution in [-0.2, 0) is 10.3 Å². The Bertz CT molecular complexity index is 561. The van der Waals surface area contributed by atoms with E-state index in [0.717, 1.165) is 6.08 Å². The van der Waals surface area contributed by atoms with Crippen molar-refractivity contribution < 1.29 is 18.6 Å². The molecule has 1 aromatic rings. The van der Waals surface area contributed by atoms with Crippen LogP contribution in [0.25, 0.3) is 5.76 Å². The number of hydrogen-bond donors (Lipinski definition) is 2. The molecule has 0 saturated heterocycles. The molecule has 0 fully saturated rings. The average Bonchev–Trinajstić information content (AvgIpc) is 2.23. The zero-order valence-corrected chi connectivity index (χ0v) is 8.40. The van der Waals surface area contributed by atoms with Gasteiger partial charge in [-0.05, 0) is 5.56 Å². The quantitative estimate of drug-likeness (QED) is 0.635. The molecule has 1 aliphatic rings. The van der Waals surface area contributed by atoms with Gasteiger partial charge in [-0.3, -0.25) is 0 Å². The Morgan fingerprint density at radius 3 is 2.53 bits per heavy atom. The molecule has 78 valence electrons. The van der Waals surface area contributed by atoms with Crippen molar-refractivity contribution in [1.29, 1.82) is 0 Å². The second kappa shape index (κ2) is 3.52. The molecule has 4 nitrogen and oxygen atoms in total. The molecule has 0 aromatic heterocycles. The van der Waals surface area contributed by atoms with Crippen LogP contribution in [0.1, 0.15) is 17.2 Å². The summed E-state index contributed by atoms with van der Waals surface area (Å²) in [5.41, 5.74) is 0.857. The predicted octanol–water partition coefficient (Wildman–Crippen LogP) is 0.684. The second-order valence-corrected chi connectivity index (χ2v) is 4.10. The molecule has 2 rings (SSSR count). The van der Waals surface area contributed by atoms with Crippen molar-refractivity contribution >= 4 is 20.9 Å². The van der Waals surface area contributed by atoms with Crippen molar-refractivity contribution in [3.63, 3.8) is 0 Å². The maximum absolute atomic E-state index is 10.8. The number of aliphatic hydroxyl groups excluding tert-OH is 2. The van der Waals surface area contributed by atoms with E-state index < -0.39 is 16.4 Å². The van der Waals surface area contributed by atoms with Gasteiger partial charge in [0.25, 0.3) is 0 Å². The van der Waals surface area contributed by atoms with Gasteiger partial charge < -0.3 is 10.2 Å². The first-order valence-corrected chi connectivity index (χ1v) is 5.33. The third-order valence-corrected chi connectivity index (χ3v) is 3.00. The Morgan fingerprint density at radius 2 is 1.87 bits per heavy atom. The fourth-order valence-electron chi connectivity index (χ4n) is 1.55. The molecule has 1 unspecified atom stereocenters. The molecule has 0 aliphatic heterocycles. The number of fused-ring (bicyclic) bond motifs is 1. The third-order valence-electron chi connectivity index (χ3n) is 2.27. The summed E-state index contributed by atoms with van der Waals surface area (Å²) in [6.45, 7) is 0. The minimum atomic E-state index is -2.53. The van der Waals surface area contributed by atoms with Gasteiger partial charge in [0.1, 0.15) is 16.7 Å². The summed E-state index contributed by atoms with van der Waals surface area (Å²) in [7, 11) is -2.53. The highest BCUT2D eigenvalue weighted by molar-refractivity contribution is 7.73. The number of benzene rings is 1. The van der Waals surface area contributed by atoms with Crippen LogP contribution < -0.4 is 0 Å². The Hall–Kier alpha value is -1.59. The number of aliphatic hydroxyl groups is 2. The summed E-state index contributed by atoms with van der Waals surface area (Å²) in [5.74, 6) is -0.143. The van der Waals surface area contributed by atoms with E-state index in [4.69, 9.17) is 0 Å². The summed E-state index contributed by atoms with van der Waals surface area (Å²) in [4.78, 5) is -0.216. The van der Waals surface area contributed by atoms with Crippen molar-refractivity contribution in [2.45, 2.75) is 6.10 Å². The molecule has 0 heterocycles. The lowest BCUT2D eigenvalue weighted by molar-refractivity contribution is 0.248. The van der Waals surface area contributed by atoms with Crippen molar-refractivity contribution in [2.75, 3.05) is 0 Å².